The molecule has 1 N–H and O–H groups in total. The lowest BCUT2D eigenvalue weighted by Gasteiger charge is -2.28. The number of nitriles is 1. The van der Waals surface area contributed by atoms with Crippen LogP contribution in [-0.4, -0.2) is 23.9 Å². The van der Waals surface area contributed by atoms with Gasteiger partial charge in [-0.25, -0.2) is 0 Å². The highest BCUT2D eigenvalue weighted by Crippen LogP contribution is 2.47. The van der Waals surface area contributed by atoms with Crippen LogP contribution in [0.3, 0.4) is 0 Å². The third kappa shape index (κ3) is 2.75. The summed E-state index contributed by atoms with van der Waals surface area (Å²) in [5, 5.41) is 20.4. The molecule has 2 heterocycles. The van der Waals surface area contributed by atoms with E-state index in [0.29, 0.717) is 22.8 Å². The van der Waals surface area contributed by atoms with Gasteiger partial charge in [-0.2, -0.15) is 5.26 Å². The molecule has 154 valence electrons. The number of methoxy groups -OCH3 is 2. The van der Waals surface area contributed by atoms with Crippen LogP contribution in [0.25, 0.3) is 22.4 Å². The fourth-order valence-corrected chi connectivity index (χ4v) is 4.81. The summed E-state index contributed by atoms with van der Waals surface area (Å²) in [6.45, 7) is 8.02. The molecule has 5 heteroatoms. The van der Waals surface area contributed by atoms with Crippen LogP contribution >= 0.6 is 0 Å². The van der Waals surface area contributed by atoms with E-state index in [1.54, 1.807) is 14.2 Å². The van der Waals surface area contributed by atoms with Gasteiger partial charge in [-0.3, -0.25) is 0 Å². The SMILES string of the molecule is COc1cc2c(cc1OC)-c1c(C#N)c(-c3cc(C)c(O)c(C)c3)c(C)n1C(C)C2. The second kappa shape index (κ2) is 7.14. The Kier molecular flexibility index (Phi) is 4.74. The van der Waals surface area contributed by atoms with Crippen molar-refractivity contribution < 1.29 is 14.6 Å². The van der Waals surface area contributed by atoms with Crippen LogP contribution in [0.4, 0.5) is 0 Å². The fraction of sp³-hybridized carbons (Fsp3) is 0.320. The number of benzene rings is 2. The normalized spacial score (nSPS) is 14.6. The molecule has 4 rings (SSSR count). The quantitative estimate of drug-likeness (QED) is 0.632. The summed E-state index contributed by atoms with van der Waals surface area (Å²) >= 11 is 0. The average molecular weight is 402 g/mol. The largest absolute Gasteiger partial charge is 0.507 e. The van der Waals surface area contributed by atoms with Crippen molar-refractivity contribution in [1.82, 2.24) is 4.57 Å². The smallest absolute Gasteiger partial charge is 0.161 e. The predicted octanol–water partition coefficient (Wildman–Crippen LogP) is 5.46. The molecule has 0 fully saturated rings. The Morgan fingerprint density at radius 2 is 1.63 bits per heavy atom. The molecule has 3 aromatic rings. The van der Waals surface area contributed by atoms with E-state index < -0.39 is 0 Å². The number of phenols is 1. The molecule has 1 aromatic heterocycles. The zero-order valence-electron chi connectivity index (χ0n) is 18.3. The molecule has 0 radical (unpaired) electrons. The molecule has 0 amide bonds. The number of hydrogen-bond acceptors (Lipinski definition) is 4. The zero-order valence-corrected chi connectivity index (χ0v) is 18.3. The van der Waals surface area contributed by atoms with Crippen molar-refractivity contribution in [2.24, 2.45) is 0 Å². The van der Waals surface area contributed by atoms with E-state index in [4.69, 9.17) is 9.47 Å². The molecule has 0 aliphatic carbocycles. The van der Waals surface area contributed by atoms with Crippen LogP contribution in [0.5, 0.6) is 17.2 Å². The van der Waals surface area contributed by atoms with Gasteiger partial charge in [0, 0.05) is 22.9 Å². The number of aryl methyl sites for hydroxylation is 2. The second-order valence-corrected chi connectivity index (χ2v) is 8.04. The van der Waals surface area contributed by atoms with Gasteiger partial charge >= 0.3 is 0 Å². The number of ether oxygens (including phenoxy) is 2. The van der Waals surface area contributed by atoms with Crippen LogP contribution in [0, 0.1) is 32.1 Å². The maximum absolute atomic E-state index is 10.2. The highest BCUT2D eigenvalue weighted by Gasteiger charge is 2.31. The van der Waals surface area contributed by atoms with E-state index in [-0.39, 0.29) is 6.04 Å². The molecule has 1 atom stereocenters. The summed E-state index contributed by atoms with van der Waals surface area (Å²) in [7, 11) is 3.26. The van der Waals surface area contributed by atoms with Crippen molar-refractivity contribution in [1.29, 1.82) is 5.26 Å². The van der Waals surface area contributed by atoms with Crippen molar-refractivity contribution in [3.05, 3.63) is 52.2 Å². The first kappa shape index (κ1) is 19.9. The summed E-state index contributed by atoms with van der Waals surface area (Å²) in [5.74, 6) is 1.65. The monoisotopic (exact) mass is 402 g/mol. The van der Waals surface area contributed by atoms with Crippen molar-refractivity contribution in [2.75, 3.05) is 14.2 Å². The molecule has 1 unspecified atom stereocenters. The molecule has 0 bridgehead atoms. The van der Waals surface area contributed by atoms with Gasteiger partial charge in [0.1, 0.15) is 11.8 Å². The van der Waals surface area contributed by atoms with E-state index in [9.17, 15) is 10.4 Å². The molecule has 0 saturated carbocycles. The number of rotatable bonds is 3. The van der Waals surface area contributed by atoms with Crippen molar-refractivity contribution in [3.63, 3.8) is 0 Å². The molecule has 5 nitrogen and oxygen atoms in total. The summed E-state index contributed by atoms with van der Waals surface area (Å²) in [5.41, 5.74) is 8.25. The summed E-state index contributed by atoms with van der Waals surface area (Å²) in [6, 6.07) is 10.6. The number of fused-ring (bicyclic) bond motifs is 3. The van der Waals surface area contributed by atoms with Gasteiger partial charge in [0.2, 0.25) is 0 Å². The average Bonchev–Trinajstić information content (AvgIpc) is 3.03. The molecule has 0 saturated heterocycles. The van der Waals surface area contributed by atoms with Crippen LogP contribution in [0.2, 0.25) is 0 Å². The second-order valence-electron chi connectivity index (χ2n) is 8.04. The van der Waals surface area contributed by atoms with Gasteiger partial charge in [-0.1, -0.05) is 0 Å². The highest BCUT2D eigenvalue weighted by molar-refractivity contribution is 5.87. The summed E-state index contributed by atoms with van der Waals surface area (Å²) in [6.07, 6.45) is 0.843. The van der Waals surface area contributed by atoms with E-state index in [1.807, 2.05) is 38.1 Å². The van der Waals surface area contributed by atoms with Crippen LogP contribution in [0.15, 0.2) is 24.3 Å². The zero-order chi connectivity index (χ0) is 21.7. The van der Waals surface area contributed by atoms with Gasteiger partial charge in [-0.05, 0) is 80.6 Å². The van der Waals surface area contributed by atoms with E-state index in [2.05, 4.69) is 24.5 Å². The highest BCUT2D eigenvalue weighted by atomic mass is 16.5. The van der Waals surface area contributed by atoms with Crippen molar-refractivity contribution in [2.45, 2.75) is 40.2 Å². The summed E-state index contributed by atoms with van der Waals surface area (Å²) < 4.78 is 13.3. The minimum atomic E-state index is 0.200. The van der Waals surface area contributed by atoms with Gasteiger partial charge in [-0.15, -0.1) is 0 Å². The third-order valence-electron chi connectivity index (χ3n) is 6.16. The Bertz CT molecular complexity index is 1190. The molecule has 1 aliphatic rings. The number of phenolic OH excluding ortho intramolecular Hbond substituents is 1. The first-order chi connectivity index (χ1) is 14.3. The molecule has 0 spiro atoms. The Hall–Kier alpha value is -3.39. The maximum atomic E-state index is 10.2. The van der Waals surface area contributed by atoms with Crippen LogP contribution in [0.1, 0.15) is 40.9 Å². The Labute approximate surface area is 177 Å². The lowest BCUT2D eigenvalue weighted by atomic mass is 9.91. The van der Waals surface area contributed by atoms with E-state index >= 15 is 0 Å². The Morgan fingerprint density at radius 1 is 1.03 bits per heavy atom. The molecular weight excluding hydrogens is 376 g/mol. The molecule has 1 aliphatic heterocycles. The first-order valence-electron chi connectivity index (χ1n) is 10.0. The minimum absolute atomic E-state index is 0.200. The Morgan fingerprint density at radius 3 is 2.20 bits per heavy atom. The topological polar surface area (TPSA) is 67.4 Å². The van der Waals surface area contributed by atoms with Gasteiger partial charge in [0.25, 0.3) is 0 Å². The van der Waals surface area contributed by atoms with Crippen molar-refractivity contribution in [3.8, 4) is 45.7 Å². The summed E-state index contributed by atoms with van der Waals surface area (Å²) in [4.78, 5) is 0. The third-order valence-corrected chi connectivity index (χ3v) is 6.16. The lowest BCUT2D eigenvalue weighted by molar-refractivity contribution is 0.354. The van der Waals surface area contributed by atoms with E-state index in [0.717, 1.165) is 51.2 Å². The standard InChI is InChI=1S/C25H26N2O3/c1-13-7-18(8-14(2)25(13)28)23-16(4)27-15(3)9-17-10-21(29-5)22(30-6)11-19(17)24(27)20(23)12-26/h7-8,10-11,15,28H,9H2,1-6H3. The fourth-order valence-electron chi connectivity index (χ4n) is 4.81. The predicted molar refractivity (Wildman–Crippen MR) is 117 cm³/mol. The first-order valence-corrected chi connectivity index (χ1v) is 10.0. The van der Waals surface area contributed by atoms with Crippen LogP contribution in [-0.2, 0) is 6.42 Å². The Balaban J connectivity index is 2.06. The van der Waals surface area contributed by atoms with E-state index in [1.165, 1.54) is 0 Å². The van der Waals surface area contributed by atoms with Gasteiger partial charge < -0.3 is 19.1 Å². The number of aromatic hydroxyl groups is 1. The number of hydrogen-bond donors (Lipinski definition) is 1. The maximum Gasteiger partial charge on any atom is 0.161 e. The van der Waals surface area contributed by atoms with Gasteiger partial charge in [0.05, 0.1) is 25.5 Å². The number of aromatic nitrogens is 1. The lowest BCUT2D eigenvalue weighted by Crippen LogP contribution is -2.17. The van der Waals surface area contributed by atoms with Gasteiger partial charge in [0.15, 0.2) is 11.5 Å². The molecular formula is C25H26N2O3. The van der Waals surface area contributed by atoms with Crippen LogP contribution < -0.4 is 9.47 Å². The number of nitrogens with zero attached hydrogens (tertiary/aromatic N) is 2. The van der Waals surface area contributed by atoms with Crippen molar-refractivity contribution >= 4 is 0 Å². The molecule has 30 heavy (non-hydrogen) atoms. The molecule has 2 aromatic carbocycles. The minimum Gasteiger partial charge on any atom is -0.507 e.